The molecule has 21 heavy (non-hydrogen) atoms. The van der Waals surface area contributed by atoms with E-state index in [9.17, 15) is 9.18 Å². The van der Waals surface area contributed by atoms with Crippen LogP contribution in [0.5, 0.6) is 0 Å². The van der Waals surface area contributed by atoms with Gasteiger partial charge < -0.3 is 4.90 Å². The van der Waals surface area contributed by atoms with Gasteiger partial charge in [-0.05, 0) is 35.6 Å². The Morgan fingerprint density at radius 3 is 2.62 bits per heavy atom. The minimum Gasteiger partial charge on any atom is -0.338 e. The molecule has 1 unspecified atom stereocenters. The number of likely N-dealkylation sites (tertiary alicyclic amines) is 1. The molecule has 1 atom stereocenters. The van der Waals surface area contributed by atoms with Gasteiger partial charge in [0.2, 0.25) is 5.91 Å². The maximum atomic E-state index is 13.3. The van der Waals surface area contributed by atoms with E-state index in [-0.39, 0.29) is 17.6 Å². The molecule has 0 N–H and O–H groups in total. The summed E-state index contributed by atoms with van der Waals surface area (Å²) < 4.78 is 13.3. The molecule has 1 aliphatic heterocycles. The van der Waals surface area contributed by atoms with Crippen molar-refractivity contribution in [2.75, 3.05) is 6.54 Å². The Balaban J connectivity index is 1.66. The van der Waals surface area contributed by atoms with Crippen molar-refractivity contribution in [3.8, 4) is 0 Å². The van der Waals surface area contributed by atoms with Gasteiger partial charge >= 0.3 is 0 Å². The first-order valence-corrected chi connectivity index (χ1v) is 7.29. The normalized spacial score (nSPS) is 18.8. The van der Waals surface area contributed by atoms with Crippen molar-refractivity contribution in [2.45, 2.75) is 25.3 Å². The van der Waals surface area contributed by atoms with E-state index in [1.807, 2.05) is 41.3 Å². The minimum atomic E-state index is -0.230. The molecule has 0 spiro atoms. The van der Waals surface area contributed by atoms with Crippen molar-refractivity contribution >= 4 is 5.91 Å². The van der Waals surface area contributed by atoms with Crippen LogP contribution in [0.4, 0.5) is 4.39 Å². The summed E-state index contributed by atoms with van der Waals surface area (Å²) in [5, 5.41) is 0. The Bertz CT molecular complexity index is 626. The van der Waals surface area contributed by atoms with Gasteiger partial charge in [0.1, 0.15) is 5.82 Å². The highest BCUT2D eigenvalue weighted by Crippen LogP contribution is 2.29. The third-order valence-electron chi connectivity index (χ3n) is 4.06. The molecule has 3 heteroatoms. The number of hydrogen-bond acceptors (Lipinski definition) is 1. The maximum absolute atomic E-state index is 13.3. The van der Waals surface area contributed by atoms with Crippen molar-refractivity contribution in [3.05, 3.63) is 71.5 Å². The van der Waals surface area contributed by atoms with Crippen LogP contribution in [0.2, 0.25) is 0 Å². The number of benzene rings is 2. The number of rotatable bonds is 3. The number of carbonyl (C=O) groups is 1. The molecule has 0 aromatic heterocycles. The van der Waals surface area contributed by atoms with Gasteiger partial charge in [-0.25, -0.2) is 4.39 Å². The van der Waals surface area contributed by atoms with Crippen LogP contribution in [0, 0.1) is 5.82 Å². The summed E-state index contributed by atoms with van der Waals surface area (Å²) in [6.07, 6.45) is 1.36. The zero-order chi connectivity index (χ0) is 14.7. The molecular weight excluding hydrogens is 265 g/mol. The van der Waals surface area contributed by atoms with Gasteiger partial charge in [0.25, 0.3) is 0 Å². The van der Waals surface area contributed by atoms with Crippen LogP contribution in [0.1, 0.15) is 29.9 Å². The van der Waals surface area contributed by atoms with Crippen LogP contribution >= 0.6 is 0 Å². The molecule has 2 nitrogen and oxygen atoms in total. The third-order valence-corrected chi connectivity index (χ3v) is 4.06. The Morgan fingerprint density at radius 2 is 1.90 bits per heavy atom. The predicted molar refractivity (Wildman–Crippen MR) is 80.2 cm³/mol. The number of hydrogen-bond donors (Lipinski definition) is 0. The van der Waals surface area contributed by atoms with E-state index in [0.717, 1.165) is 24.1 Å². The second kappa shape index (κ2) is 6.08. The fourth-order valence-electron chi connectivity index (χ4n) is 2.89. The van der Waals surface area contributed by atoms with Crippen molar-refractivity contribution in [1.82, 2.24) is 4.90 Å². The summed E-state index contributed by atoms with van der Waals surface area (Å²) in [4.78, 5) is 14.2. The van der Waals surface area contributed by atoms with Crippen molar-refractivity contribution in [1.29, 1.82) is 0 Å². The van der Waals surface area contributed by atoms with Crippen molar-refractivity contribution < 1.29 is 9.18 Å². The van der Waals surface area contributed by atoms with Gasteiger partial charge in [0.15, 0.2) is 0 Å². The van der Waals surface area contributed by atoms with Crippen LogP contribution in [0.25, 0.3) is 0 Å². The molecule has 0 bridgehead atoms. The van der Waals surface area contributed by atoms with Gasteiger partial charge in [-0.3, -0.25) is 4.79 Å². The molecule has 1 aliphatic rings. The number of halogens is 1. The summed E-state index contributed by atoms with van der Waals surface area (Å²) in [6, 6.07) is 16.6. The molecule has 1 saturated heterocycles. The zero-order valence-corrected chi connectivity index (χ0v) is 11.8. The summed E-state index contributed by atoms with van der Waals surface area (Å²) in [6.45, 7) is 1.39. The number of amides is 1. The molecule has 3 rings (SSSR count). The van der Waals surface area contributed by atoms with Crippen molar-refractivity contribution in [2.24, 2.45) is 0 Å². The molecule has 2 aromatic carbocycles. The molecule has 0 saturated carbocycles. The lowest BCUT2D eigenvalue weighted by atomic mass is 9.89. The SMILES string of the molecule is O=C1CC(c2cccc(F)c2)CCN1Cc1ccccc1. The Morgan fingerprint density at radius 1 is 1.10 bits per heavy atom. The lowest BCUT2D eigenvalue weighted by Crippen LogP contribution is -2.37. The molecule has 2 aromatic rings. The van der Waals surface area contributed by atoms with Gasteiger partial charge in [0, 0.05) is 19.5 Å². The average molecular weight is 283 g/mol. The number of nitrogens with zero attached hydrogens (tertiary/aromatic N) is 1. The lowest BCUT2D eigenvalue weighted by Gasteiger charge is -2.32. The molecule has 1 fully saturated rings. The van der Waals surface area contributed by atoms with Crippen LogP contribution in [-0.4, -0.2) is 17.4 Å². The summed E-state index contributed by atoms with van der Waals surface area (Å²) >= 11 is 0. The number of piperidine rings is 1. The highest BCUT2D eigenvalue weighted by molar-refractivity contribution is 5.78. The van der Waals surface area contributed by atoms with Gasteiger partial charge in [-0.1, -0.05) is 42.5 Å². The molecule has 1 amide bonds. The van der Waals surface area contributed by atoms with E-state index in [1.165, 1.54) is 6.07 Å². The summed E-state index contributed by atoms with van der Waals surface area (Å²) in [7, 11) is 0. The molecule has 0 aliphatic carbocycles. The lowest BCUT2D eigenvalue weighted by molar-refractivity contribution is -0.134. The van der Waals surface area contributed by atoms with Crippen LogP contribution in [0.3, 0.4) is 0 Å². The van der Waals surface area contributed by atoms with Gasteiger partial charge in [-0.15, -0.1) is 0 Å². The summed E-state index contributed by atoms with van der Waals surface area (Å²) in [5.74, 6) is 0.0613. The van der Waals surface area contributed by atoms with Crippen LogP contribution in [0.15, 0.2) is 54.6 Å². The quantitative estimate of drug-likeness (QED) is 0.840. The second-order valence-electron chi connectivity index (χ2n) is 5.55. The fraction of sp³-hybridized carbons (Fsp3) is 0.278. The highest BCUT2D eigenvalue weighted by Gasteiger charge is 2.26. The first-order valence-electron chi connectivity index (χ1n) is 7.29. The van der Waals surface area contributed by atoms with E-state index >= 15 is 0 Å². The smallest absolute Gasteiger partial charge is 0.223 e. The first-order chi connectivity index (χ1) is 10.2. The standard InChI is InChI=1S/C18H18FNO/c19-17-8-4-7-15(11-17)16-9-10-20(18(21)12-16)13-14-5-2-1-3-6-14/h1-8,11,16H,9-10,12-13H2. The molecule has 0 radical (unpaired) electrons. The van der Waals surface area contributed by atoms with Crippen molar-refractivity contribution in [3.63, 3.8) is 0 Å². The largest absolute Gasteiger partial charge is 0.338 e. The molecular formula is C18H18FNO. The van der Waals surface area contributed by atoms with E-state index in [2.05, 4.69) is 0 Å². The Labute approximate surface area is 124 Å². The zero-order valence-electron chi connectivity index (χ0n) is 11.8. The second-order valence-corrected chi connectivity index (χ2v) is 5.55. The maximum Gasteiger partial charge on any atom is 0.223 e. The fourth-order valence-corrected chi connectivity index (χ4v) is 2.89. The Kier molecular flexibility index (Phi) is 4.00. The van der Waals surface area contributed by atoms with Gasteiger partial charge in [0.05, 0.1) is 0 Å². The molecule has 1 heterocycles. The first kappa shape index (κ1) is 13.8. The topological polar surface area (TPSA) is 20.3 Å². The molecule has 108 valence electrons. The van der Waals surface area contributed by atoms with E-state index in [1.54, 1.807) is 12.1 Å². The van der Waals surface area contributed by atoms with Crippen LogP contribution < -0.4 is 0 Å². The van der Waals surface area contributed by atoms with E-state index in [0.29, 0.717) is 13.0 Å². The predicted octanol–water partition coefficient (Wildman–Crippen LogP) is 3.73. The summed E-state index contributed by atoms with van der Waals surface area (Å²) in [5.41, 5.74) is 2.08. The van der Waals surface area contributed by atoms with E-state index in [4.69, 9.17) is 0 Å². The third kappa shape index (κ3) is 3.30. The minimum absolute atomic E-state index is 0.139. The van der Waals surface area contributed by atoms with Gasteiger partial charge in [-0.2, -0.15) is 0 Å². The van der Waals surface area contributed by atoms with E-state index < -0.39 is 0 Å². The number of carbonyl (C=O) groups excluding carboxylic acids is 1. The van der Waals surface area contributed by atoms with Crippen LogP contribution in [-0.2, 0) is 11.3 Å². The Hall–Kier alpha value is -2.16. The monoisotopic (exact) mass is 283 g/mol. The highest BCUT2D eigenvalue weighted by atomic mass is 19.1. The average Bonchev–Trinajstić information content (AvgIpc) is 2.50.